The third-order valence-electron chi connectivity index (χ3n) is 3.38. The van der Waals surface area contributed by atoms with Crippen molar-refractivity contribution >= 4 is 38.0 Å². The van der Waals surface area contributed by atoms with Gasteiger partial charge in [0.05, 0.1) is 26.8 Å². The van der Waals surface area contributed by atoms with Crippen molar-refractivity contribution in [1.29, 1.82) is 0 Å². The molecule has 0 spiro atoms. The van der Waals surface area contributed by atoms with Crippen LogP contribution in [-0.4, -0.2) is 9.19 Å². The number of nitrogens with two attached hydrogens (primary N) is 1. The summed E-state index contributed by atoms with van der Waals surface area (Å²) >= 11 is 1.46. The predicted molar refractivity (Wildman–Crippen MR) is 90.1 cm³/mol. The number of benzene rings is 2. The van der Waals surface area contributed by atoms with E-state index in [1.54, 1.807) is 0 Å². The highest BCUT2D eigenvalue weighted by Crippen LogP contribution is 2.27. The highest BCUT2D eigenvalue weighted by Gasteiger charge is 2.13. The summed E-state index contributed by atoms with van der Waals surface area (Å²) in [6, 6.07) is 11.8. The zero-order chi connectivity index (χ0) is 15.0. The van der Waals surface area contributed by atoms with Crippen LogP contribution in [0, 0.1) is 13.8 Å². The molecule has 108 valence electrons. The van der Waals surface area contributed by atoms with Gasteiger partial charge < -0.3 is 5.73 Å². The highest BCUT2D eigenvalue weighted by atomic mass is 32.2. The van der Waals surface area contributed by atoms with Crippen LogP contribution in [0.15, 0.2) is 40.7 Å². The third kappa shape index (κ3) is 2.99. The van der Waals surface area contributed by atoms with Crippen LogP contribution >= 0.6 is 11.3 Å². The lowest BCUT2D eigenvalue weighted by molar-refractivity contribution is 0.682. The van der Waals surface area contributed by atoms with Crippen LogP contribution in [-0.2, 0) is 16.6 Å². The average Bonchev–Trinajstić information content (AvgIpc) is 2.86. The van der Waals surface area contributed by atoms with Gasteiger partial charge in [0, 0.05) is 5.69 Å². The van der Waals surface area contributed by atoms with Crippen molar-refractivity contribution in [2.75, 3.05) is 5.73 Å². The van der Waals surface area contributed by atoms with Gasteiger partial charge in [0.1, 0.15) is 0 Å². The fraction of sp³-hybridized carbons (Fsp3) is 0.188. The first-order valence-corrected chi connectivity index (χ1v) is 8.77. The Morgan fingerprint density at radius 2 is 2.00 bits per heavy atom. The lowest BCUT2D eigenvalue weighted by atomic mass is 10.1. The molecule has 2 aromatic carbocycles. The van der Waals surface area contributed by atoms with Gasteiger partial charge in [-0.2, -0.15) is 0 Å². The molecule has 3 aromatic rings. The van der Waals surface area contributed by atoms with E-state index in [2.05, 4.69) is 23.2 Å². The minimum Gasteiger partial charge on any atom is -0.399 e. The van der Waals surface area contributed by atoms with Crippen LogP contribution in [0.5, 0.6) is 0 Å². The molecule has 0 saturated carbocycles. The number of nitrogens with zero attached hydrogens (tertiary/aromatic N) is 1. The molecule has 1 aromatic heterocycles. The van der Waals surface area contributed by atoms with Crippen molar-refractivity contribution in [3.63, 3.8) is 0 Å². The van der Waals surface area contributed by atoms with E-state index in [9.17, 15) is 4.21 Å². The molecule has 3 rings (SSSR count). The molecule has 5 heteroatoms. The predicted octanol–water partition coefficient (Wildman–Crippen LogP) is 3.80. The van der Waals surface area contributed by atoms with E-state index in [0.29, 0.717) is 15.8 Å². The summed E-state index contributed by atoms with van der Waals surface area (Å²) in [4.78, 5) is 4.46. The van der Waals surface area contributed by atoms with Crippen molar-refractivity contribution < 1.29 is 4.21 Å². The first kappa shape index (κ1) is 14.2. The van der Waals surface area contributed by atoms with Gasteiger partial charge in [-0.15, -0.1) is 11.3 Å². The zero-order valence-corrected chi connectivity index (χ0v) is 13.6. The fourth-order valence-electron chi connectivity index (χ4n) is 2.18. The number of aromatic nitrogens is 1. The Balaban J connectivity index is 1.91. The summed E-state index contributed by atoms with van der Waals surface area (Å²) in [5.41, 5.74) is 10.8. The second-order valence-electron chi connectivity index (χ2n) is 5.13. The van der Waals surface area contributed by atoms with Crippen LogP contribution in [0.3, 0.4) is 0 Å². The minimum absolute atomic E-state index is 0.503. The number of aryl methyl sites for hydroxylation is 2. The maximum Gasteiger partial charge on any atom is 0.182 e. The van der Waals surface area contributed by atoms with Crippen LogP contribution in [0.4, 0.5) is 5.69 Å². The molecule has 1 atom stereocenters. The Hall–Kier alpha value is -1.72. The smallest absolute Gasteiger partial charge is 0.182 e. The summed E-state index contributed by atoms with van der Waals surface area (Å²) in [7, 11) is -1.13. The second kappa shape index (κ2) is 5.58. The number of fused-ring (bicyclic) bond motifs is 1. The number of rotatable bonds is 3. The van der Waals surface area contributed by atoms with Crippen LogP contribution in [0.2, 0.25) is 0 Å². The van der Waals surface area contributed by atoms with Crippen LogP contribution in [0.25, 0.3) is 10.2 Å². The number of hydrogen-bond acceptors (Lipinski definition) is 4. The fourth-order valence-corrected chi connectivity index (χ4v) is 4.66. The minimum atomic E-state index is -1.13. The summed E-state index contributed by atoms with van der Waals surface area (Å²) in [5, 5.41) is 0. The molecule has 0 aliphatic carbocycles. The van der Waals surface area contributed by atoms with Gasteiger partial charge in [-0.05, 0) is 43.2 Å². The topological polar surface area (TPSA) is 56.0 Å². The van der Waals surface area contributed by atoms with E-state index in [0.717, 1.165) is 15.8 Å². The molecule has 0 fully saturated rings. The quantitative estimate of drug-likeness (QED) is 0.748. The maximum atomic E-state index is 12.6. The monoisotopic (exact) mass is 316 g/mol. The van der Waals surface area contributed by atoms with Gasteiger partial charge >= 0.3 is 0 Å². The number of thiazole rings is 1. The van der Waals surface area contributed by atoms with Crippen molar-refractivity contribution in [1.82, 2.24) is 4.98 Å². The average molecular weight is 316 g/mol. The Morgan fingerprint density at radius 3 is 2.81 bits per heavy atom. The summed E-state index contributed by atoms with van der Waals surface area (Å²) in [6.07, 6.45) is 0. The van der Waals surface area contributed by atoms with E-state index in [-0.39, 0.29) is 0 Å². The molecular formula is C16H16N2OS2. The molecule has 0 radical (unpaired) electrons. The zero-order valence-electron chi connectivity index (χ0n) is 11.9. The van der Waals surface area contributed by atoms with E-state index < -0.39 is 10.8 Å². The van der Waals surface area contributed by atoms with Crippen molar-refractivity contribution in [2.24, 2.45) is 0 Å². The van der Waals surface area contributed by atoms with Crippen molar-refractivity contribution in [2.45, 2.75) is 23.9 Å². The van der Waals surface area contributed by atoms with Gasteiger partial charge in [-0.25, -0.2) is 4.98 Å². The van der Waals surface area contributed by atoms with Crippen LogP contribution < -0.4 is 5.73 Å². The van der Waals surface area contributed by atoms with Crippen molar-refractivity contribution in [3.8, 4) is 0 Å². The SMILES string of the molecule is Cc1ccc(C)c(CS(=O)c2nc3ccc(N)cc3s2)c1. The molecule has 21 heavy (non-hydrogen) atoms. The van der Waals surface area contributed by atoms with Gasteiger partial charge in [-0.3, -0.25) is 4.21 Å². The lowest BCUT2D eigenvalue weighted by Gasteiger charge is -2.05. The summed E-state index contributed by atoms with van der Waals surface area (Å²) in [5.74, 6) is 0.503. The molecule has 0 aliphatic rings. The lowest BCUT2D eigenvalue weighted by Crippen LogP contribution is -1.98. The van der Waals surface area contributed by atoms with Gasteiger partial charge in [-0.1, -0.05) is 23.8 Å². The molecular weight excluding hydrogens is 300 g/mol. The Bertz CT molecular complexity index is 839. The highest BCUT2D eigenvalue weighted by molar-refractivity contribution is 7.86. The van der Waals surface area contributed by atoms with Crippen LogP contribution in [0.1, 0.15) is 16.7 Å². The Morgan fingerprint density at radius 1 is 1.19 bits per heavy atom. The molecule has 0 bridgehead atoms. The molecule has 0 aliphatic heterocycles. The summed E-state index contributed by atoms with van der Waals surface area (Å²) in [6.45, 7) is 4.09. The Labute approximate surface area is 130 Å². The largest absolute Gasteiger partial charge is 0.399 e. The first-order chi connectivity index (χ1) is 10.0. The Kier molecular flexibility index (Phi) is 3.78. The summed E-state index contributed by atoms with van der Waals surface area (Å²) < 4.78 is 14.2. The van der Waals surface area contributed by atoms with Crippen molar-refractivity contribution in [3.05, 3.63) is 53.1 Å². The molecule has 0 saturated heterocycles. The molecule has 1 heterocycles. The molecule has 1 unspecified atom stereocenters. The van der Waals surface area contributed by atoms with Gasteiger partial charge in [0.2, 0.25) is 0 Å². The second-order valence-corrected chi connectivity index (χ2v) is 7.78. The molecule has 3 nitrogen and oxygen atoms in total. The van der Waals surface area contributed by atoms with E-state index in [1.165, 1.54) is 22.5 Å². The van der Waals surface area contributed by atoms with Gasteiger partial charge in [0.15, 0.2) is 4.34 Å². The van der Waals surface area contributed by atoms with E-state index >= 15 is 0 Å². The molecule has 0 amide bonds. The standard InChI is InChI=1S/C16H16N2OS2/c1-10-3-4-11(2)12(7-10)9-21(19)16-18-14-6-5-13(17)8-15(14)20-16/h3-8H,9,17H2,1-2H3. The maximum absolute atomic E-state index is 12.6. The van der Waals surface area contributed by atoms with E-state index in [1.807, 2.05) is 32.0 Å². The first-order valence-electron chi connectivity index (χ1n) is 6.63. The number of hydrogen-bond donors (Lipinski definition) is 1. The van der Waals surface area contributed by atoms with Gasteiger partial charge in [0.25, 0.3) is 0 Å². The number of nitrogen functional groups attached to an aromatic ring is 1. The van der Waals surface area contributed by atoms with E-state index in [4.69, 9.17) is 5.73 Å². The number of anilines is 1. The normalized spacial score (nSPS) is 12.7. The third-order valence-corrected chi connectivity index (χ3v) is 6.05. The molecule has 2 N–H and O–H groups in total.